The predicted molar refractivity (Wildman–Crippen MR) is 87.3 cm³/mol. The fourth-order valence-electron chi connectivity index (χ4n) is 2.17. The third-order valence-corrected chi connectivity index (χ3v) is 3.64. The van der Waals surface area contributed by atoms with E-state index in [1.165, 1.54) is 0 Å². The van der Waals surface area contributed by atoms with Crippen LogP contribution in [-0.4, -0.2) is 44.7 Å². The summed E-state index contributed by atoms with van der Waals surface area (Å²) in [4.78, 5) is 18.2. The molecule has 7 heteroatoms. The van der Waals surface area contributed by atoms with Gasteiger partial charge in [-0.25, -0.2) is 4.98 Å². The van der Waals surface area contributed by atoms with Crippen LogP contribution in [0.25, 0.3) is 0 Å². The molecule has 0 fully saturated rings. The van der Waals surface area contributed by atoms with Crippen molar-refractivity contribution in [3.63, 3.8) is 0 Å². The molecule has 0 aliphatic carbocycles. The number of carbonyl (C=O) groups is 1. The Morgan fingerprint density at radius 3 is 2.91 bits per heavy atom. The van der Waals surface area contributed by atoms with E-state index in [1.54, 1.807) is 48.6 Å². The molecule has 6 nitrogen and oxygen atoms in total. The van der Waals surface area contributed by atoms with E-state index >= 15 is 0 Å². The van der Waals surface area contributed by atoms with E-state index in [-0.39, 0.29) is 19.1 Å². The van der Waals surface area contributed by atoms with Gasteiger partial charge in [0.25, 0.3) is 5.91 Å². The highest BCUT2D eigenvalue weighted by atomic mass is 35.5. The molecule has 124 valence electrons. The van der Waals surface area contributed by atoms with E-state index in [2.05, 4.69) is 4.98 Å². The predicted octanol–water partition coefficient (Wildman–Crippen LogP) is 1.86. The molecule has 0 aliphatic rings. The molecule has 0 bridgehead atoms. The summed E-state index contributed by atoms with van der Waals surface area (Å²) in [5.74, 6) is 0.322. The lowest BCUT2D eigenvalue weighted by Crippen LogP contribution is -2.41. The van der Waals surface area contributed by atoms with E-state index in [0.29, 0.717) is 17.3 Å². The average Bonchev–Trinajstić information content (AvgIpc) is 2.91. The summed E-state index contributed by atoms with van der Waals surface area (Å²) < 4.78 is 7.49. The molecule has 1 atom stereocenters. The summed E-state index contributed by atoms with van der Waals surface area (Å²) in [6.45, 7) is 2.15. The van der Waals surface area contributed by atoms with Crippen LogP contribution in [0, 0.1) is 0 Å². The van der Waals surface area contributed by atoms with E-state index in [0.717, 1.165) is 5.69 Å². The number of aliphatic hydroxyl groups is 1. The van der Waals surface area contributed by atoms with Gasteiger partial charge in [-0.05, 0) is 25.1 Å². The lowest BCUT2D eigenvalue weighted by Gasteiger charge is -2.25. The molecule has 2 rings (SSSR count). The number of carbonyl (C=O) groups excluding carboxylic acids is 1. The zero-order chi connectivity index (χ0) is 16.8. The molecule has 1 N–H and O–H groups in total. The van der Waals surface area contributed by atoms with Gasteiger partial charge in [0.15, 0.2) is 6.10 Å². The van der Waals surface area contributed by atoms with Crippen molar-refractivity contribution in [2.24, 2.45) is 7.05 Å². The minimum Gasteiger partial charge on any atom is -0.481 e. The van der Waals surface area contributed by atoms with E-state index < -0.39 is 6.10 Å². The van der Waals surface area contributed by atoms with Crippen molar-refractivity contribution in [2.75, 3.05) is 13.2 Å². The molecule has 1 aromatic heterocycles. The molecule has 0 spiro atoms. The summed E-state index contributed by atoms with van der Waals surface area (Å²) in [6, 6.07) is 6.90. The Balaban J connectivity index is 2.05. The van der Waals surface area contributed by atoms with Gasteiger partial charge in [-0.15, -0.1) is 0 Å². The van der Waals surface area contributed by atoms with Crippen LogP contribution in [0.15, 0.2) is 36.8 Å². The molecule has 0 radical (unpaired) electrons. The molecular formula is C16H20ClN3O3. The first-order valence-corrected chi connectivity index (χ1v) is 7.66. The van der Waals surface area contributed by atoms with Crippen molar-refractivity contribution in [2.45, 2.75) is 19.6 Å². The fourth-order valence-corrected chi connectivity index (χ4v) is 2.35. The maximum Gasteiger partial charge on any atom is 0.263 e. The normalized spacial score (nSPS) is 12.0. The number of aliphatic hydroxyl groups excluding tert-OH is 1. The summed E-state index contributed by atoms with van der Waals surface area (Å²) in [7, 11) is 1.86. The summed E-state index contributed by atoms with van der Waals surface area (Å²) in [5.41, 5.74) is 0.877. The maximum atomic E-state index is 12.6. The Labute approximate surface area is 140 Å². The van der Waals surface area contributed by atoms with Crippen molar-refractivity contribution in [1.29, 1.82) is 0 Å². The first-order valence-electron chi connectivity index (χ1n) is 7.28. The number of nitrogens with zero attached hydrogens (tertiary/aromatic N) is 3. The van der Waals surface area contributed by atoms with Crippen LogP contribution in [0.5, 0.6) is 5.75 Å². The highest BCUT2D eigenvalue weighted by molar-refractivity contribution is 6.30. The van der Waals surface area contributed by atoms with Gasteiger partial charge >= 0.3 is 0 Å². The Hall–Kier alpha value is -2.05. The van der Waals surface area contributed by atoms with Crippen LogP contribution in [0.3, 0.4) is 0 Å². The van der Waals surface area contributed by atoms with Crippen molar-refractivity contribution < 1.29 is 14.6 Å². The van der Waals surface area contributed by atoms with E-state index in [9.17, 15) is 9.90 Å². The summed E-state index contributed by atoms with van der Waals surface area (Å²) >= 11 is 5.91. The fraction of sp³-hybridized carbons (Fsp3) is 0.375. The molecule has 1 aromatic carbocycles. The van der Waals surface area contributed by atoms with Gasteiger partial charge in [0, 0.05) is 24.8 Å². The minimum absolute atomic E-state index is 0.118. The van der Waals surface area contributed by atoms with Gasteiger partial charge < -0.3 is 19.3 Å². The minimum atomic E-state index is -0.687. The first kappa shape index (κ1) is 17.3. The van der Waals surface area contributed by atoms with Crippen LogP contribution < -0.4 is 4.74 Å². The molecular weight excluding hydrogens is 318 g/mol. The quantitative estimate of drug-likeness (QED) is 0.837. The first-order chi connectivity index (χ1) is 11.0. The molecule has 0 saturated carbocycles. The van der Waals surface area contributed by atoms with E-state index in [4.69, 9.17) is 16.3 Å². The maximum absolute atomic E-state index is 12.6. The standard InChI is InChI=1S/C16H20ClN3O3/c1-12(23-15-5-3-4-13(17)8-15)16(22)20(6-7-21)10-14-9-18-11-19(14)2/h3-5,8-9,11-12,21H,6-7,10H2,1-2H3. The van der Waals surface area contributed by atoms with Gasteiger partial charge in [0.05, 0.1) is 25.2 Å². The van der Waals surface area contributed by atoms with Crippen LogP contribution in [-0.2, 0) is 18.4 Å². The number of halogens is 1. The van der Waals surface area contributed by atoms with Crippen molar-refractivity contribution >= 4 is 17.5 Å². The number of benzene rings is 1. The Morgan fingerprint density at radius 2 is 2.30 bits per heavy atom. The molecule has 0 aliphatic heterocycles. The lowest BCUT2D eigenvalue weighted by atomic mass is 10.3. The number of rotatable bonds is 7. The van der Waals surface area contributed by atoms with Gasteiger partial charge in [-0.2, -0.15) is 0 Å². The second-order valence-electron chi connectivity index (χ2n) is 5.20. The van der Waals surface area contributed by atoms with Gasteiger partial charge in [-0.1, -0.05) is 17.7 Å². The van der Waals surface area contributed by atoms with Gasteiger partial charge in [0.2, 0.25) is 0 Å². The SMILES string of the molecule is CC(Oc1cccc(Cl)c1)C(=O)N(CCO)Cc1cncn1C. The highest BCUT2D eigenvalue weighted by Gasteiger charge is 2.23. The van der Waals surface area contributed by atoms with Gasteiger partial charge in [-0.3, -0.25) is 4.79 Å². The second kappa shape index (κ2) is 7.99. The Morgan fingerprint density at radius 1 is 1.52 bits per heavy atom. The van der Waals surface area contributed by atoms with Crippen LogP contribution in [0.4, 0.5) is 0 Å². The van der Waals surface area contributed by atoms with Crippen molar-refractivity contribution in [3.8, 4) is 5.75 Å². The number of ether oxygens (including phenoxy) is 1. The summed E-state index contributed by atoms with van der Waals surface area (Å²) in [5, 5.41) is 9.76. The molecule has 1 amide bonds. The second-order valence-corrected chi connectivity index (χ2v) is 5.63. The number of hydrogen-bond donors (Lipinski definition) is 1. The van der Waals surface area contributed by atoms with E-state index in [1.807, 2.05) is 11.6 Å². The molecule has 2 aromatic rings. The monoisotopic (exact) mass is 337 g/mol. The highest BCUT2D eigenvalue weighted by Crippen LogP contribution is 2.19. The lowest BCUT2D eigenvalue weighted by molar-refractivity contribution is -0.139. The van der Waals surface area contributed by atoms with Crippen LogP contribution in [0.2, 0.25) is 5.02 Å². The number of aryl methyl sites for hydroxylation is 1. The third-order valence-electron chi connectivity index (χ3n) is 3.41. The largest absolute Gasteiger partial charge is 0.481 e. The van der Waals surface area contributed by atoms with Crippen molar-refractivity contribution in [3.05, 3.63) is 47.5 Å². The molecule has 1 heterocycles. The Kier molecular flexibility index (Phi) is 6.01. The Bertz CT molecular complexity index is 660. The van der Waals surface area contributed by atoms with Crippen LogP contribution in [0.1, 0.15) is 12.6 Å². The number of hydrogen-bond acceptors (Lipinski definition) is 4. The third kappa shape index (κ3) is 4.71. The molecule has 0 saturated heterocycles. The smallest absolute Gasteiger partial charge is 0.263 e. The molecule has 1 unspecified atom stereocenters. The topological polar surface area (TPSA) is 67.6 Å². The zero-order valence-electron chi connectivity index (χ0n) is 13.1. The summed E-state index contributed by atoms with van der Waals surface area (Å²) in [6.07, 6.45) is 2.68. The van der Waals surface area contributed by atoms with Gasteiger partial charge in [0.1, 0.15) is 5.75 Å². The van der Waals surface area contributed by atoms with Crippen LogP contribution >= 0.6 is 11.6 Å². The number of amides is 1. The molecule has 23 heavy (non-hydrogen) atoms. The average molecular weight is 338 g/mol. The van der Waals surface area contributed by atoms with Crippen molar-refractivity contribution in [1.82, 2.24) is 14.5 Å². The number of aromatic nitrogens is 2. The number of imidazole rings is 1. The zero-order valence-corrected chi connectivity index (χ0v) is 13.9.